The third-order valence-electron chi connectivity index (χ3n) is 10.2. The van der Waals surface area contributed by atoms with Crippen LogP contribution < -0.4 is 20.3 Å². The van der Waals surface area contributed by atoms with Crippen molar-refractivity contribution in [3.63, 3.8) is 0 Å². The van der Waals surface area contributed by atoms with Gasteiger partial charge in [0.1, 0.15) is 29.8 Å². The van der Waals surface area contributed by atoms with Gasteiger partial charge < -0.3 is 50.9 Å². The Morgan fingerprint density at radius 1 is 0.655 bits per heavy atom. The first-order valence-electron chi connectivity index (χ1n) is 19.0. The lowest BCUT2D eigenvalue weighted by molar-refractivity contribution is -0.131. The monoisotopic (exact) mass is 789 g/mol. The van der Waals surface area contributed by atoms with Crippen molar-refractivity contribution in [3.8, 4) is 11.5 Å². The number of rotatable bonds is 18. The predicted octanol–water partition coefficient (Wildman–Crippen LogP) is 3.79. The van der Waals surface area contributed by atoms with Crippen molar-refractivity contribution in [2.45, 2.75) is 55.9 Å². The summed E-state index contributed by atoms with van der Waals surface area (Å²) in [6, 6.07) is 39.4. The molecule has 5 aromatic carbocycles. The van der Waals surface area contributed by atoms with Crippen LogP contribution in [0.2, 0.25) is 0 Å². The number of hydrogen-bond acceptors (Lipinski definition) is 10. The highest BCUT2D eigenvalue weighted by Gasteiger charge is 2.48. The van der Waals surface area contributed by atoms with E-state index >= 15 is 0 Å². The zero-order chi connectivity index (χ0) is 41.2. The number of carbonyl (C=O) groups excluding carboxylic acids is 3. The molecule has 0 spiro atoms. The van der Waals surface area contributed by atoms with Gasteiger partial charge in [-0.25, -0.2) is 0 Å². The van der Waals surface area contributed by atoms with Crippen molar-refractivity contribution in [2.24, 2.45) is 5.92 Å². The number of β-lactam (4-membered cyclic amide) rings is 1. The van der Waals surface area contributed by atoms with Gasteiger partial charge in [0.2, 0.25) is 5.91 Å². The molecule has 58 heavy (non-hydrogen) atoms. The molecule has 7 unspecified atom stereocenters. The number of aliphatic hydroxyl groups excluding tert-OH is 6. The van der Waals surface area contributed by atoms with E-state index in [0.717, 1.165) is 22.4 Å². The number of nitrogens with zero attached hydrogens (tertiary/aromatic N) is 1. The smallest absolute Gasteiger partial charge is 0.251 e. The second-order valence-electron chi connectivity index (χ2n) is 14.2. The van der Waals surface area contributed by atoms with E-state index in [2.05, 4.69) is 10.6 Å². The molecule has 8 N–H and O–H groups in total. The van der Waals surface area contributed by atoms with Crippen LogP contribution in [-0.2, 0) is 11.3 Å². The molecular formula is C45H47N3O10. The molecule has 0 aromatic heterocycles. The fourth-order valence-electron chi connectivity index (χ4n) is 6.86. The van der Waals surface area contributed by atoms with E-state index in [1.807, 2.05) is 84.9 Å². The average molecular weight is 790 g/mol. The SMILES string of the molecule is O=C(NCc1ccc(N2C(=O)C(CCC(O)c3ccccc3)C2c2ccccc2)cc1)c1ccc(Oc2ccc(C(=O)NCC(O)C(O)C(O)C(O)CO)cc2)cc1. The number of amides is 3. The molecule has 1 aliphatic rings. The van der Waals surface area contributed by atoms with Crippen molar-refractivity contribution in [3.05, 3.63) is 161 Å². The van der Waals surface area contributed by atoms with Crippen LogP contribution in [-0.4, -0.2) is 85.9 Å². The zero-order valence-electron chi connectivity index (χ0n) is 31.5. The van der Waals surface area contributed by atoms with Gasteiger partial charge >= 0.3 is 0 Å². The maximum atomic E-state index is 13.5. The number of aliphatic hydroxyl groups is 6. The molecule has 6 rings (SSSR count). The number of ether oxygens (including phenoxy) is 1. The highest BCUT2D eigenvalue weighted by molar-refractivity contribution is 6.03. The van der Waals surface area contributed by atoms with Crippen LogP contribution in [0, 0.1) is 5.92 Å². The summed E-state index contributed by atoms with van der Waals surface area (Å²) < 4.78 is 5.86. The highest BCUT2D eigenvalue weighted by Crippen LogP contribution is 2.46. The third kappa shape index (κ3) is 10.1. The maximum absolute atomic E-state index is 13.5. The molecule has 0 aliphatic carbocycles. The number of anilines is 1. The summed E-state index contributed by atoms with van der Waals surface area (Å²) in [5.41, 5.74) is 4.13. The Kier molecular flexibility index (Phi) is 14.0. The number of carbonyl (C=O) groups is 3. The van der Waals surface area contributed by atoms with E-state index in [-0.39, 0.29) is 35.9 Å². The average Bonchev–Trinajstić information content (AvgIpc) is 3.26. The Bertz CT molecular complexity index is 2100. The topological polar surface area (TPSA) is 209 Å². The second kappa shape index (κ2) is 19.5. The van der Waals surface area contributed by atoms with Gasteiger partial charge in [-0.15, -0.1) is 0 Å². The highest BCUT2D eigenvalue weighted by atomic mass is 16.5. The summed E-state index contributed by atoms with van der Waals surface area (Å²) >= 11 is 0. The summed E-state index contributed by atoms with van der Waals surface area (Å²) in [5.74, 6) is -0.231. The van der Waals surface area contributed by atoms with Gasteiger partial charge in [0.05, 0.1) is 30.8 Å². The van der Waals surface area contributed by atoms with Gasteiger partial charge in [-0.3, -0.25) is 14.4 Å². The lowest BCUT2D eigenvalue weighted by atomic mass is 9.78. The molecule has 3 amide bonds. The van der Waals surface area contributed by atoms with E-state index in [9.17, 15) is 39.9 Å². The van der Waals surface area contributed by atoms with Crippen molar-refractivity contribution >= 4 is 23.4 Å². The molecule has 1 heterocycles. The van der Waals surface area contributed by atoms with Crippen LogP contribution in [0.25, 0.3) is 0 Å². The van der Waals surface area contributed by atoms with E-state index < -0.39 is 49.6 Å². The van der Waals surface area contributed by atoms with Crippen molar-refractivity contribution in [1.29, 1.82) is 0 Å². The maximum Gasteiger partial charge on any atom is 0.251 e. The minimum absolute atomic E-state index is 0.00909. The third-order valence-corrected chi connectivity index (χ3v) is 10.2. The largest absolute Gasteiger partial charge is 0.457 e. The van der Waals surface area contributed by atoms with Crippen LogP contribution in [0.5, 0.6) is 11.5 Å². The molecule has 13 nitrogen and oxygen atoms in total. The summed E-state index contributed by atoms with van der Waals surface area (Å²) in [6.07, 6.45) is -6.46. The van der Waals surface area contributed by atoms with Gasteiger partial charge in [-0.1, -0.05) is 72.8 Å². The number of nitrogens with one attached hydrogen (secondary N) is 2. The molecule has 5 aromatic rings. The Morgan fingerprint density at radius 3 is 1.76 bits per heavy atom. The van der Waals surface area contributed by atoms with E-state index in [4.69, 9.17) is 9.84 Å². The second-order valence-corrected chi connectivity index (χ2v) is 14.2. The quantitative estimate of drug-likeness (QED) is 0.0603. The van der Waals surface area contributed by atoms with Crippen LogP contribution in [0.1, 0.15) is 62.4 Å². The molecule has 0 bridgehead atoms. The first-order chi connectivity index (χ1) is 28.0. The fraction of sp³-hybridized carbons (Fsp3) is 0.267. The van der Waals surface area contributed by atoms with Gasteiger partial charge in [0.15, 0.2) is 0 Å². The van der Waals surface area contributed by atoms with Crippen molar-refractivity contribution in [1.82, 2.24) is 10.6 Å². The minimum atomic E-state index is -1.80. The predicted molar refractivity (Wildman–Crippen MR) is 215 cm³/mol. The van der Waals surface area contributed by atoms with E-state index in [0.29, 0.717) is 29.9 Å². The Labute approximate surface area is 335 Å². The van der Waals surface area contributed by atoms with E-state index in [1.54, 1.807) is 41.3 Å². The summed E-state index contributed by atoms with van der Waals surface area (Å²) in [4.78, 5) is 40.8. The summed E-state index contributed by atoms with van der Waals surface area (Å²) in [6.45, 7) is -0.960. The molecule has 1 saturated heterocycles. The lowest BCUT2D eigenvalue weighted by Gasteiger charge is -2.48. The minimum Gasteiger partial charge on any atom is -0.457 e. The molecule has 7 atom stereocenters. The fourth-order valence-corrected chi connectivity index (χ4v) is 6.86. The van der Waals surface area contributed by atoms with Crippen LogP contribution in [0.15, 0.2) is 133 Å². The Morgan fingerprint density at radius 2 is 1.19 bits per heavy atom. The van der Waals surface area contributed by atoms with Gasteiger partial charge in [0, 0.05) is 29.9 Å². The summed E-state index contributed by atoms with van der Waals surface area (Å²) in [7, 11) is 0. The molecule has 1 fully saturated rings. The van der Waals surface area contributed by atoms with Crippen LogP contribution >= 0.6 is 0 Å². The van der Waals surface area contributed by atoms with E-state index in [1.165, 1.54) is 12.1 Å². The van der Waals surface area contributed by atoms with Gasteiger partial charge in [0.25, 0.3) is 11.8 Å². The van der Waals surface area contributed by atoms with Gasteiger partial charge in [-0.2, -0.15) is 0 Å². The lowest BCUT2D eigenvalue weighted by Crippen LogP contribution is -2.55. The Hall–Kier alpha value is -5.93. The molecular weight excluding hydrogens is 743 g/mol. The standard InChI is InChI=1S/C45H47N3O10/c49-27-39(52)42(54)41(53)38(51)26-47-44(56)32-15-21-35(22-16-32)58-34-19-13-31(14-20-34)43(55)46-25-28-11-17-33(18-12-28)48-40(30-9-5-2-6-10-30)36(45(48)57)23-24-37(50)29-7-3-1-4-8-29/h1-22,36-42,49-54H,23-27H2,(H,46,55)(H,47,56). The molecule has 302 valence electrons. The van der Waals surface area contributed by atoms with Crippen molar-refractivity contribution in [2.75, 3.05) is 18.1 Å². The number of benzene rings is 5. The zero-order valence-corrected chi connectivity index (χ0v) is 31.5. The molecule has 0 radical (unpaired) electrons. The number of hydrogen-bond donors (Lipinski definition) is 8. The summed E-state index contributed by atoms with van der Waals surface area (Å²) in [5, 5.41) is 64.1. The first-order valence-corrected chi connectivity index (χ1v) is 19.0. The molecule has 0 saturated carbocycles. The normalized spacial score (nSPS) is 17.6. The Balaban J connectivity index is 0.979. The van der Waals surface area contributed by atoms with Crippen molar-refractivity contribution < 1.29 is 49.8 Å². The van der Waals surface area contributed by atoms with Gasteiger partial charge in [-0.05, 0) is 90.2 Å². The van der Waals surface area contributed by atoms with Crippen LogP contribution in [0.4, 0.5) is 5.69 Å². The molecule has 1 aliphatic heterocycles. The van der Waals surface area contributed by atoms with Crippen LogP contribution in [0.3, 0.4) is 0 Å². The molecule has 13 heteroatoms. The first kappa shape index (κ1) is 41.7.